The molecule has 0 bridgehead atoms. The Kier molecular flexibility index (Phi) is 5.39. The third kappa shape index (κ3) is 4.43. The normalized spacial score (nSPS) is 15.3. The lowest BCUT2D eigenvalue weighted by atomic mass is 10.2. The number of hydrogen-bond donors (Lipinski definition) is 2. The molecule has 0 radical (unpaired) electrons. The maximum Gasteiger partial charge on any atom is 0.274 e. The fourth-order valence-electron chi connectivity index (χ4n) is 2.79. The van der Waals surface area contributed by atoms with Crippen LogP contribution in [0.2, 0.25) is 0 Å². The lowest BCUT2D eigenvalue weighted by molar-refractivity contribution is -0.139. The molecule has 1 aromatic heterocycles. The van der Waals surface area contributed by atoms with E-state index in [-0.39, 0.29) is 28.8 Å². The molecule has 9 heteroatoms. The summed E-state index contributed by atoms with van der Waals surface area (Å²) >= 11 is 0. The molecule has 9 nitrogen and oxygen atoms in total. The zero-order valence-corrected chi connectivity index (χ0v) is 14.8. The van der Waals surface area contributed by atoms with E-state index < -0.39 is 6.10 Å². The number of phenolic OH excluding ortho intramolecular Hbond substituents is 1. The molecular weight excluding hydrogens is 352 g/mol. The van der Waals surface area contributed by atoms with E-state index in [1.165, 1.54) is 24.3 Å². The van der Waals surface area contributed by atoms with Gasteiger partial charge in [-0.25, -0.2) is 5.10 Å². The third-order valence-electron chi connectivity index (χ3n) is 4.27. The van der Waals surface area contributed by atoms with Crippen molar-refractivity contribution < 1.29 is 19.4 Å². The smallest absolute Gasteiger partial charge is 0.274 e. The number of H-pyrrole nitrogens is 1. The summed E-state index contributed by atoms with van der Waals surface area (Å²) in [6.45, 7) is 3.18. The minimum absolute atomic E-state index is 0.124. The maximum atomic E-state index is 12.5. The molecule has 1 aromatic carbocycles. The van der Waals surface area contributed by atoms with Crippen molar-refractivity contribution in [2.24, 2.45) is 0 Å². The van der Waals surface area contributed by atoms with Crippen LogP contribution >= 0.6 is 0 Å². The van der Waals surface area contributed by atoms with Crippen molar-refractivity contribution in [3.8, 4) is 11.5 Å². The molecule has 2 N–H and O–H groups in total. The molecule has 2 amide bonds. The van der Waals surface area contributed by atoms with Gasteiger partial charge < -0.3 is 19.6 Å². The molecule has 1 saturated heterocycles. The number of aromatic hydroxyl groups is 1. The number of benzene rings is 1. The average Bonchev–Trinajstić information content (AvgIpc) is 2.69. The van der Waals surface area contributed by atoms with Crippen molar-refractivity contribution in [3.05, 3.63) is 52.4 Å². The Balaban J connectivity index is 1.54. The van der Waals surface area contributed by atoms with Crippen molar-refractivity contribution >= 4 is 11.8 Å². The second-order valence-electron chi connectivity index (χ2n) is 6.18. The number of piperazine rings is 1. The number of ether oxygens (including phenoxy) is 1. The highest BCUT2D eigenvalue weighted by Gasteiger charge is 2.28. The lowest BCUT2D eigenvalue weighted by Crippen LogP contribution is -2.53. The number of carbonyl (C=O) groups excluding carboxylic acids is 2. The van der Waals surface area contributed by atoms with E-state index in [4.69, 9.17) is 4.74 Å². The number of carbonyl (C=O) groups is 2. The first-order chi connectivity index (χ1) is 12.9. The third-order valence-corrected chi connectivity index (χ3v) is 4.27. The zero-order chi connectivity index (χ0) is 19.4. The molecule has 0 saturated carbocycles. The number of hydrogen-bond acceptors (Lipinski definition) is 6. The van der Waals surface area contributed by atoms with Crippen LogP contribution in [0.3, 0.4) is 0 Å². The van der Waals surface area contributed by atoms with Crippen LogP contribution in [0.4, 0.5) is 0 Å². The number of phenols is 1. The highest BCUT2D eigenvalue weighted by molar-refractivity contribution is 5.92. The quantitative estimate of drug-likeness (QED) is 0.794. The Morgan fingerprint density at radius 3 is 2.30 bits per heavy atom. The van der Waals surface area contributed by atoms with E-state index in [2.05, 4.69) is 10.2 Å². The molecule has 2 heterocycles. The van der Waals surface area contributed by atoms with E-state index in [0.29, 0.717) is 31.9 Å². The van der Waals surface area contributed by atoms with Crippen molar-refractivity contribution in [1.82, 2.24) is 20.0 Å². The molecule has 27 heavy (non-hydrogen) atoms. The molecule has 2 aromatic rings. The fourth-order valence-corrected chi connectivity index (χ4v) is 2.79. The predicted molar refractivity (Wildman–Crippen MR) is 95.5 cm³/mol. The van der Waals surface area contributed by atoms with Crippen LogP contribution in [0, 0.1) is 0 Å². The zero-order valence-electron chi connectivity index (χ0n) is 14.8. The van der Waals surface area contributed by atoms with Crippen LogP contribution in [0.5, 0.6) is 11.5 Å². The molecule has 0 spiro atoms. The van der Waals surface area contributed by atoms with Crippen molar-refractivity contribution in [2.45, 2.75) is 13.0 Å². The fraction of sp³-hybridized carbons (Fsp3) is 0.333. The van der Waals surface area contributed by atoms with E-state index >= 15 is 0 Å². The second-order valence-corrected chi connectivity index (χ2v) is 6.18. The van der Waals surface area contributed by atoms with Crippen molar-refractivity contribution in [2.75, 3.05) is 26.2 Å². The minimum atomic E-state index is -0.683. The number of aromatic amines is 1. The molecule has 3 rings (SSSR count). The van der Waals surface area contributed by atoms with Crippen LogP contribution in [-0.2, 0) is 4.79 Å². The predicted octanol–water partition coefficient (Wildman–Crippen LogP) is 0.227. The molecule has 1 aliphatic heterocycles. The maximum absolute atomic E-state index is 12.5. The van der Waals surface area contributed by atoms with Gasteiger partial charge in [-0.2, -0.15) is 5.10 Å². The molecule has 0 aliphatic carbocycles. The highest BCUT2D eigenvalue weighted by Crippen LogP contribution is 2.18. The van der Waals surface area contributed by atoms with Crippen LogP contribution in [-0.4, -0.2) is 69.2 Å². The van der Waals surface area contributed by atoms with Crippen LogP contribution in [0.1, 0.15) is 17.4 Å². The molecular formula is C18H20N4O5. The Morgan fingerprint density at radius 1 is 1.07 bits per heavy atom. The van der Waals surface area contributed by atoms with Gasteiger partial charge in [-0.1, -0.05) is 0 Å². The van der Waals surface area contributed by atoms with E-state index in [1.807, 2.05) is 0 Å². The molecule has 1 unspecified atom stereocenters. The van der Waals surface area contributed by atoms with Gasteiger partial charge >= 0.3 is 0 Å². The minimum Gasteiger partial charge on any atom is -0.508 e. The first-order valence-electron chi connectivity index (χ1n) is 8.53. The first-order valence-corrected chi connectivity index (χ1v) is 8.53. The van der Waals surface area contributed by atoms with Gasteiger partial charge in [-0.3, -0.25) is 14.4 Å². The van der Waals surface area contributed by atoms with Gasteiger partial charge in [-0.05, 0) is 37.3 Å². The molecule has 1 aliphatic rings. The van der Waals surface area contributed by atoms with Crippen LogP contribution < -0.4 is 10.3 Å². The summed E-state index contributed by atoms with van der Waals surface area (Å²) in [6, 6.07) is 8.79. The van der Waals surface area contributed by atoms with E-state index in [1.54, 1.807) is 28.9 Å². The van der Waals surface area contributed by atoms with Crippen LogP contribution in [0.15, 0.2) is 41.2 Å². The number of aromatic nitrogens is 2. The SMILES string of the molecule is CC(Oc1ccc(O)cc1)C(=O)N1CCN(C(=O)c2ccc(=O)[nH]n2)CC1. The Hall–Kier alpha value is -3.36. The number of amides is 2. The van der Waals surface area contributed by atoms with Gasteiger partial charge in [0.25, 0.3) is 17.4 Å². The van der Waals surface area contributed by atoms with Crippen LogP contribution in [0.25, 0.3) is 0 Å². The summed E-state index contributed by atoms with van der Waals surface area (Å²) in [7, 11) is 0. The van der Waals surface area contributed by atoms with Gasteiger partial charge in [0.1, 0.15) is 17.2 Å². The second kappa shape index (κ2) is 7.90. The van der Waals surface area contributed by atoms with Gasteiger partial charge in [0.2, 0.25) is 0 Å². The number of rotatable bonds is 4. The summed E-state index contributed by atoms with van der Waals surface area (Å²) < 4.78 is 5.61. The van der Waals surface area contributed by atoms with Gasteiger partial charge in [0, 0.05) is 32.2 Å². The van der Waals surface area contributed by atoms with E-state index in [0.717, 1.165) is 0 Å². The summed E-state index contributed by atoms with van der Waals surface area (Å²) in [5.41, 5.74) is -0.206. The van der Waals surface area contributed by atoms with Gasteiger partial charge in [-0.15, -0.1) is 0 Å². The number of nitrogens with zero attached hydrogens (tertiary/aromatic N) is 3. The largest absolute Gasteiger partial charge is 0.508 e. The summed E-state index contributed by atoms with van der Waals surface area (Å²) in [6.07, 6.45) is -0.683. The van der Waals surface area contributed by atoms with Crippen molar-refractivity contribution in [3.63, 3.8) is 0 Å². The standard InChI is InChI=1S/C18H20N4O5/c1-12(27-14-4-2-13(23)3-5-14)17(25)21-8-10-22(11-9-21)18(26)15-6-7-16(24)20-19-15/h2-7,12,23H,8-11H2,1H3,(H,20,24). The molecule has 1 fully saturated rings. The van der Waals surface area contributed by atoms with E-state index in [9.17, 15) is 19.5 Å². The summed E-state index contributed by atoms with van der Waals surface area (Å²) in [4.78, 5) is 39.2. The van der Waals surface area contributed by atoms with Gasteiger partial charge in [0.15, 0.2) is 6.10 Å². The summed E-state index contributed by atoms with van der Waals surface area (Å²) in [5.74, 6) is 0.162. The first kappa shape index (κ1) is 18.4. The Morgan fingerprint density at radius 2 is 1.70 bits per heavy atom. The lowest BCUT2D eigenvalue weighted by Gasteiger charge is -2.35. The Labute approximate surface area is 155 Å². The monoisotopic (exact) mass is 372 g/mol. The molecule has 1 atom stereocenters. The topological polar surface area (TPSA) is 116 Å². The number of nitrogens with one attached hydrogen (secondary N) is 1. The Bertz CT molecular complexity index is 852. The van der Waals surface area contributed by atoms with Gasteiger partial charge in [0.05, 0.1) is 0 Å². The van der Waals surface area contributed by atoms with Crippen molar-refractivity contribution in [1.29, 1.82) is 0 Å². The molecule has 142 valence electrons. The average molecular weight is 372 g/mol. The highest BCUT2D eigenvalue weighted by atomic mass is 16.5. The summed E-state index contributed by atoms with van der Waals surface area (Å²) in [5, 5.41) is 15.3.